The fourth-order valence-corrected chi connectivity index (χ4v) is 1.84. The van der Waals surface area contributed by atoms with Crippen molar-refractivity contribution in [2.24, 2.45) is 0 Å². The van der Waals surface area contributed by atoms with E-state index in [-0.39, 0.29) is 5.92 Å². The van der Waals surface area contributed by atoms with Gasteiger partial charge in [-0.25, -0.2) is 9.97 Å². The molecule has 0 bridgehead atoms. The van der Waals surface area contributed by atoms with E-state index < -0.39 is 0 Å². The Kier molecular flexibility index (Phi) is 4.98. The fraction of sp³-hybridized carbons (Fsp3) is 0.375. The van der Waals surface area contributed by atoms with E-state index in [0.29, 0.717) is 19.0 Å². The summed E-state index contributed by atoms with van der Waals surface area (Å²) in [4.78, 5) is 8.82. The second kappa shape index (κ2) is 6.92. The van der Waals surface area contributed by atoms with Crippen LogP contribution in [0, 0.1) is 6.92 Å². The highest BCUT2D eigenvalue weighted by Gasteiger charge is 2.10. The van der Waals surface area contributed by atoms with Crippen molar-refractivity contribution in [2.45, 2.75) is 26.7 Å². The summed E-state index contributed by atoms with van der Waals surface area (Å²) in [5.41, 5.74) is 6.81. The first-order chi connectivity index (χ1) is 10.1. The summed E-state index contributed by atoms with van der Waals surface area (Å²) in [6.45, 7) is 7.23. The third-order valence-corrected chi connectivity index (χ3v) is 3.12. The first-order valence-corrected chi connectivity index (χ1v) is 7.13. The van der Waals surface area contributed by atoms with Crippen molar-refractivity contribution in [3.8, 4) is 5.75 Å². The summed E-state index contributed by atoms with van der Waals surface area (Å²) >= 11 is 0. The summed E-state index contributed by atoms with van der Waals surface area (Å²) in [6, 6.07) is 9.74. The largest absolute Gasteiger partial charge is 0.492 e. The van der Waals surface area contributed by atoms with Gasteiger partial charge in [-0.3, -0.25) is 0 Å². The van der Waals surface area contributed by atoms with Gasteiger partial charge in [0.2, 0.25) is 0 Å². The zero-order chi connectivity index (χ0) is 15.2. The zero-order valence-electron chi connectivity index (χ0n) is 12.8. The first kappa shape index (κ1) is 15.1. The average molecular weight is 286 g/mol. The quantitative estimate of drug-likeness (QED) is 0.799. The van der Waals surface area contributed by atoms with Crippen LogP contribution in [0.3, 0.4) is 0 Å². The molecule has 0 amide bonds. The molecule has 5 heteroatoms. The Morgan fingerprint density at radius 2 is 1.90 bits per heavy atom. The van der Waals surface area contributed by atoms with E-state index in [2.05, 4.69) is 15.3 Å². The highest BCUT2D eigenvalue weighted by Crippen LogP contribution is 2.20. The molecule has 1 heterocycles. The Hall–Kier alpha value is -2.30. The van der Waals surface area contributed by atoms with Gasteiger partial charge in [0.15, 0.2) is 0 Å². The van der Waals surface area contributed by atoms with Gasteiger partial charge in [0.1, 0.15) is 29.8 Å². The van der Waals surface area contributed by atoms with Crippen LogP contribution in [0.15, 0.2) is 30.3 Å². The minimum Gasteiger partial charge on any atom is -0.492 e. The molecule has 0 aliphatic heterocycles. The van der Waals surface area contributed by atoms with Gasteiger partial charge >= 0.3 is 0 Å². The van der Waals surface area contributed by atoms with E-state index in [0.717, 1.165) is 23.0 Å². The van der Waals surface area contributed by atoms with Crippen LogP contribution in [0.25, 0.3) is 0 Å². The maximum Gasteiger partial charge on any atom is 0.135 e. The molecule has 1 aromatic heterocycles. The molecule has 0 unspecified atom stereocenters. The topological polar surface area (TPSA) is 73.1 Å². The number of hydrogen-bond donors (Lipinski definition) is 2. The molecule has 0 spiro atoms. The van der Waals surface area contributed by atoms with Crippen molar-refractivity contribution in [1.82, 2.24) is 9.97 Å². The molecular weight excluding hydrogens is 264 g/mol. The molecule has 0 saturated carbocycles. The van der Waals surface area contributed by atoms with Crippen molar-refractivity contribution in [1.29, 1.82) is 0 Å². The van der Waals surface area contributed by atoms with Crippen molar-refractivity contribution in [3.63, 3.8) is 0 Å². The molecule has 1 aromatic carbocycles. The first-order valence-electron chi connectivity index (χ1n) is 7.13. The van der Waals surface area contributed by atoms with Crippen LogP contribution in [0.4, 0.5) is 11.6 Å². The lowest BCUT2D eigenvalue weighted by molar-refractivity contribution is 0.332. The summed E-state index contributed by atoms with van der Waals surface area (Å²) < 4.78 is 5.64. The summed E-state index contributed by atoms with van der Waals surface area (Å²) in [6.07, 6.45) is 0. The summed E-state index contributed by atoms with van der Waals surface area (Å²) in [7, 11) is 0. The van der Waals surface area contributed by atoms with Crippen LogP contribution in [0.1, 0.15) is 31.2 Å². The number of aromatic nitrogens is 2. The second-order valence-corrected chi connectivity index (χ2v) is 5.18. The van der Waals surface area contributed by atoms with Crippen LogP contribution in [-0.4, -0.2) is 23.1 Å². The Morgan fingerprint density at radius 3 is 2.57 bits per heavy atom. The fourth-order valence-electron chi connectivity index (χ4n) is 1.84. The molecule has 0 fully saturated rings. The summed E-state index contributed by atoms with van der Waals surface area (Å²) in [5.74, 6) is 3.17. The number of nitrogens with zero attached hydrogens (tertiary/aromatic N) is 2. The van der Waals surface area contributed by atoms with Gasteiger partial charge in [0, 0.05) is 11.5 Å². The molecule has 0 radical (unpaired) electrons. The van der Waals surface area contributed by atoms with Gasteiger partial charge in [-0.1, -0.05) is 32.0 Å². The molecule has 0 aliphatic rings. The Balaban J connectivity index is 1.93. The molecular formula is C16H22N4O. The number of nitrogens with two attached hydrogens (primary N) is 1. The number of anilines is 2. The molecule has 0 saturated heterocycles. The maximum atomic E-state index is 5.93. The average Bonchev–Trinajstić information content (AvgIpc) is 2.48. The molecule has 3 N–H and O–H groups in total. The van der Waals surface area contributed by atoms with Crippen molar-refractivity contribution < 1.29 is 4.74 Å². The maximum absolute atomic E-state index is 5.93. The highest BCUT2D eigenvalue weighted by atomic mass is 16.5. The minimum atomic E-state index is 0.244. The molecule has 112 valence electrons. The Bertz CT molecular complexity index is 584. The number of nitrogen functional groups attached to an aromatic ring is 1. The van der Waals surface area contributed by atoms with Crippen molar-refractivity contribution in [2.75, 3.05) is 24.2 Å². The van der Waals surface area contributed by atoms with Crippen LogP contribution in [0.5, 0.6) is 5.75 Å². The summed E-state index contributed by atoms with van der Waals surface area (Å²) in [5, 5.41) is 3.26. The van der Waals surface area contributed by atoms with E-state index in [1.54, 1.807) is 0 Å². The van der Waals surface area contributed by atoms with Gasteiger partial charge in [-0.2, -0.15) is 0 Å². The van der Waals surface area contributed by atoms with E-state index in [9.17, 15) is 0 Å². The SMILES string of the molecule is Cc1c(N)nc(C(C)C)nc1NCCOc1ccccc1. The van der Waals surface area contributed by atoms with Crippen LogP contribution >= 0.6 is 0 Å². The van der Waals surface area contributed by atoms with Gasteiger partial charge < -0.3 is 15.8 Å². The van der Waals surface area contributed by atoms with E-state index in [4.69, 9.17) is 10.5 Å². The second-order valence-electron chi connectivity index (χ2n) is 5.18. The lowest BCUT2D eigenvalue weighted by atomic mass is 10.2. The van der Waals surface area contributed by atoms with Crippen LogP contribution in [-0.2, 0) is 0 Å². The lowest BCUT2D eigenvalue weighted by Gasteiger charge is -2.13. The smallest absolute Gasteiger partial charge is 0.135 e. The van der Waals surface area contributed by atoms with E-state index >= 15 is 0 Å². The molecule has 2 aromatic rings. The predicted octanol–water partition coefficient (Wildman–Crippen LogP) is 2.98. The van der Waals surface area contributed by atoms with Gasteiger partial charge in [0.05, 0.1) is 6.54 Å². The van der Waals surface area contributed by atoms with E-state index in [1.165, 1.54) is 0 Å². The molecule has 0 atom stereocenters. The lowest BCUT2D eigenvalue weighted by Crippen LogP contribution is -2.15. The van der Waals surface area contributed by atoms with Crippen LogP contribution < -0.4 is 15.8 Å². The molecule has 2 rings (SSSR count). The number of hydrogen-bond acceptors (Lipinski definition) is 5. The van der Waals surface area contributed by atoms with Crippen LogP contribution in [0.2, 0.25) is 0 Å². The number of nitrogens with one attached hydrogen (secondary N) is 1. The number of benzene rings is 1. The number of rotatable bonds is 6. The van der Waals surface area contributed by atoms with Crippen molar-refractivity contribution >= 4 is 11.6 Å². The molecule has 21 heavy (non-hydrogen) atoms. The van der Waals surface area contributed by atoms with Gasteiger partial charge in [-0.05, 0) is 19.1 Å². The Labute approximate surface area is 125 Å². The third-order valence-electron chi connectivity index (χ3n) is 3.12. The minimum absolute atomic E-state index is 0.244. The van der Waals surface area contributed by atoms with E-state index in [1.807, 2.05) is 51.1 Å². The number of para-hydroxylation sites is 1. The molecule has 0 aliphatic carbocycles. The predicted molar refractivity (Wildman–Crippen MR) is 85.7 cm³/mol. The van der Waals surface area contributed by atoms with Gasteiger partial charge in [-0.15, -0.1) is 0 Å². The van der Waals surface area contributed by atoms with Crippen molar-refractivity contribution in [3.05, 3.63) is 41.7 Å². The monoisotopic (exact) mass is 286 g/mol. The highest BCUT2D eigenvalue weighted by molar-refractivity contribution is 5.54. The molecule has 5 nitrogen and oxygen atoms in total. The third kappa shape index (κ3) is 4.08. The normalized spacial score (nSPS) is 10.7. The Morgan fingerprint density at radius 1 is 1.19 bits per heavy atom. The zero-order valence-corrected chi connectivity index (χ0v) is 12.8. The number of ether oxygens (including phenoxy) is 1. The standard InChI is InChI=1S/C16H22N4O/c1-11(2)15-19-14(17)12(3)16(20-15)18-9-10-21-13-7-5-4-6-8-13/h4-8,11H,9-10H2,1-3H3,(H3,17,18,19,20). The van der Waals surface area contributed by atoms with Gasteiger partial charge in [0.25, 0.3) is 0 Å².